The van der Waals surface area contributed by atoms with Gasteiger partial charge >= 0.3 is 0 Å². The molecule has 0 N–H and O–H groups in total. The molecule has 2 aromatic carbocycles. The minimum atomic E-state index is -4.03. The quantitative estimate of drug-likeness (QED) is 0.567. The third kappa shape index (κ3) is 4.17. The number of likely N-dealkylation sites (N-methyl/N-ethyl adjacent to an activating group) is 1. The standard InChI is InChI=1S/C24H28FN3O3S/c1-3-4-10-28-17-23(32(30,31)18-8-6-5-7-9-18)24(29)19-15-20(25)22(16-21(19)28)27-13-11-26(2)12-14-27/h5-9,15-17H,3-4,10-14H2,1-2H3. The first-order valence-electron chi connectivity index (χ1n) is 10.9. The molecule has 1 aliphatic rings. The number of rotatable bonds is 6. The Balaban J connectivity index is 1.91. The lowest BCUT2D eigenvalue weighted by Gasteiger charge is -2.34. The van der Waals surface area contributed by atoms with Gasteiger partial charge in [0.05, 0.1) is 21.5 Å². The van der Waals surface area contributed by atoms with E-state index >= 15 is 4.39 Å². The van der Waals surface area contributed by atoms with Crippen LogP contribution in [0.5, 0.6) is 0 Å². The van der Waals surface area contributed by atoms with Gasteiger partial charge in [0, 0.05) is 38.9 Å². The van der Waals surface area contributed by atoms with Crippen molar-refractivity contribution in [3.8, 4) is 0 Å². The largest absolute Gasteiger partial charge is 0.367 e. The molecule has 1 aliphatic heterocycles. The van der Waals surface area contributed by atoms with Gasteiger partial charge in [-0.2, -0.15) is 0 Å². The average molecular weight is 458 g/mol. The molecule has 3 aromatic rings. The number of benzene rings is 2. The van der Waals surface area contributed by atoms with Crippen LogP contribution < -0.4 is 10.3 Å². The predicted octanol–water partition coefficient (Wildman–Crippen LogP) is 3.53. The van der Waals surface area contributed by atoms with Gasteiger partial charge in [-0.05, 0) is 37.7 Å². The fraction of sp³-hybridized carbons (Fsp3) is 0.375. The maximum Gasteiger partial charge on any atom is 0.211 e. The van der Waals surface area contributed by atoms with E-state index in [0.717, 1.165) is 25.9 Å². The van der Waals surface area contributed by atoms with E-state index in [1.807, 2.05) is 18.9 Å². The molecule has 32 heavy (non-hydrogen) atoms. The van der Waals surface area contributed by atoms with Crippen LogP contribution in [0.4, 0.5) is 10.1 Å². The lowest BCUT2D eigenvalue weighted by Crippen LogP contribution is -2.44. The molecule has 0 amide bonds. The smallest absolute Gasteiger partial charge is 0.211 e. The fourth-order valence-electron chi connectivity index (χ4n) is 4.09. The van der Waals surface area contributed by atoms with Crippen LogP contribution in [0.2, 0.25) is 0 Å². The Morgan fingerprint density at radius 3 is 2.38 bits per heavy atom. The van der Waals surface area contributed by atoms with E-state index in [9.17, 15) is 13.2 Å². The number of aromatic nitrogens is 1. The van der Waals surface area contributed by atoms with E-state index < -0.39 is 21.1 Å². The first kappa shape index (κ1) is 22.5. The summed E-state index contributed by atoms with van der Waals surface area (Å²) in [5, 5.41) is 0.0912. The van der Waals surface area contributed by atoms with Gasteiger partial charge in [0.25, 0.3) is 0 Å². The maximum atomic E-state index is 15.2. The summed E-state index contributed by atoms with van der Waals surface area (Å²) in [6.45, 7) is 5.62. The molecule has 0 unspecified atom stereocenters. The van der Waals surface area contributed by atoms with Crippen molar-refractivity contribution in [2.75, 3.05) is 38.1 Å². The van der Waals surface area contributed by atoms with Gasteiger partial charge < -0.3 is 14.4 Å². The molecule has 0 spiro atoms. The third-order valence-corrected chi connectivity index (χ3v) is 7.82. The lowest BCUT2D eigenvalue weighted by atomic mass is 10.1. The van der Waals surface area contributed by atoms with Gasteiger partial charge in [-0.3, -0.25) is 4.79 Å². The van der Waals surface area contributed by atoms with Crippen molar-refractivity contribution in [1.82, 2.24) is 9.47 Å². The second kappa shape index (κ2) is 9.03. The Morgan fingerprint density at radius 1 is 1.03 bits per heavy atom. The summed E-state index contributed by atoms with van der Waals surface area (Å²) in [5.74, 6) is -0.504. The average Bonchev–Trinajstić information content (AvgIpc) is 2.79. The summed E-state index contributed by atoms with van der Waals surface area (Å²) in [7, 11) is -2.00. The molecule has 1 fully saturated rings. The van der Waals surface area contributed by atoms with Crippen LogP contribution in [-0.2, 0) is 16.4 Å². The molecule has 4 rings (SSSR count). The van der Waals surface area contributed by atoms with E-state index in [0.29, 0.717) is 30.8 Å². The van der Waals surface area contributed by atoms with Crippen molar-refractivity contribution >= 4 is 26.4 Å². The molecule has 0 bridgehead atoms. The minimum Gasteiger partial charge on any atom is -0.367 e. The summed E-state index contributed by atoms with van der Waals surface area (Å²) < 4.78 is 43.4. The van der Waals surface area contributed by atoms with Crippen LogP contribution in [-0.4, -0.2) is 51.1 Å². The number of piperazine rings is 1. The third-order valence-electron chi connectivity index (χ3n) is 6.06. The molecule has 2 heterocycles. The van der Waals surface area contributed by atoms with Gasteiger partial charge in [-0.1, -0.05) is 31.5 Å². The molecular formula is C24H28FN3O3S. The summed E-state index contributed by atoms with van der Waals surface area (Å²) in [6.07, 6.45) is 3.14. The molecule has 170 valence electrons. The number of anilines is 1. The maximum absolute atomic E-state index is 15.2. The van der Waals surface area contributed by atoms with E-state index in [2.05, 4.69) is 4.90 Å². The Morgan fingerprint density at radius 2 is 1.72 bits per heavy atom. The number of sulfone groups is 1. The Bertz CT molecular complexity index is 1280. The first-order valence-corrected chi connectivity index (χ1v) is 12.4. The molecular weight excluding hydrogens is 429 g/mol. The van der Waals surface area contributed by atoms with Crippen molar-refractivity contribution in [3.05, 3.63) is 64.7 Å². The van der Waals surface area contributed by atoms with Gasteiger partial charge in [0.2, 0.25) is 15.3 Å². The highest BCUT2D eigenvalue weighted by molar-refractivity contribution is 7.91. The molecule has 0 saturated carbocycles. The summed E-state index contributed by atoms with van der Waals surface area (Å²) >= 11 is 0. The fourth-order valence-corrected chi connectivity index (χ4v) is 5.48. The molecule has 0 radical (unpaired) electrons. The van der Waals surface area contributed by atoms with Crippen LogP contribution >= 0.6 is 0 Å². The monoisotopic (exact) mass is 457 g/mol. The highest BCUT2D eigenvalue weighted by Crippen LogP contribution is 2.28. The highest BCUT2D eigenvalue weighted by atomic mass is 32.2. The summed E-state index contributed by atoms with van der Waals surface area (Å²) in [6, 6.07) is 10.8. The predicted molar refractivity (Wildman–Crippen MR) is 125 cm³/mol. The van der Waals surface area contributed by atoms with E-state index in [1.54, 1.807) is 28.8 Å². The normalized spacial score (nSPS) is 15.4. The number of fused-ring (bicyclic) bond motifs is 1. The Labute approximate surface area is 187 Å². The van der Waals surface area contributed by atoms with Crippen molar-refractivity contribution < 1.29 is 12.8 Å². The number of hydrogen-bond acceptors (Lipinski definition) is 5. The molecule has 8 heteroatoms. The molecule has 1 saturated heterocycles. The van der Waals surface area contributed by atoms with E-state index in [1.165, 1.54) is 24.4 Å². The van der Waals surface area contributed by atoms with Crippen LogP contribution in [0.15, 0.2) is 63.2 Å². The zero-order chi connectivity index (χ0) is 22.9. The van der Waals surface area contributed by atoms with Crippen LogP contribution in [0, 0.1) is 5.82 Å². The number of aryl methyl sites for hydroxylation is 1. The topological polar surface area (TPSA) is 62.6 Å². The molecule has 1 aromatic heterocycles. The van der Waals surface area contributed by atoms with Gasteiger partial charge in [0.15, 0.2) is 0 Å². The summed E-state index contributed by atoms with van der Waals surface area (Å²) in [4.78, 5) is 17.2. The molecule has 0 atom stereocenters. The minimum absolute atomic E-state index is 0.0491. The Kier molecular flexibility index (Phi) is 6.35. The Hall–Kier alpha value is -2.71. The second-order valence-electron chi connectivity index (χ2n) is 8.30. The molecule has 0 aliphatic carbocycles. The highest BCUT2D eigenvalue weighted by Gasteiger charge is 2.25. The second-order valence-corrected chi connectivity index (χ2v) is 10.2. The number of pyridine rings is 1. The van der Waals surface area contributed by atoms with Crippen molar-refractivity contribution in [2.24, 2.45) is 0 Å². The number of unbranched alkanes of at least 4 members (excludes halogenated alkanes) is 1. The van der Waals surface area contributed by atoms with Gasteiger partial charge in [-0.15, -0.1) is 0 Å². The lowest BCUT2D eigenvalue weighted by molar-refractivity contribution is 0.312. The number of nitrogens with zero attached hydrogens (tertiary/aromatic N) is 3. The first-order chi connectivity index (χ1) is 15.3. The van der Waals surface area contributed by atoms with Crippen molar-refractivity contribution in [2.45, 2.75) is 36.1 Å². The van der Waals surface area contributed by atoms with Crippen molar-refractivity contribution in [1.29, 1.82) is 0 Å². The number of halogens is 1. The van der Waals surface area contributed by atoms with Crippen LogP contribution in [0.1, 0.15) is 19.8 Å². The summed E-state index contributed by atoms with van der Waals surface area (Å²) in [5.41, 5.74) is 0.347. The van der Waals surface area contributed by atoms with Crippen LogP contribution in [0.3, 0.4) is 0 Å². The van der Waals surface area contributed by atoms with Crippen molar-refractivity contribution in [3.63, 3.8) is 0 Å². The van der Waals surface area contributed by atoms with Crippen LogP contribution in [0.25, 0.3) is 10.9 Å². The molecule has 6 nitrogen and oxygen atoms in total. The van der Waals surface area contributed by atoms with E-state index in [-0.39, 0.29) is 15.2 Å². The van der Waals surface area contributed by atoms with E-state index in [4.69, 9.17) is 0 Å². The zero-order valence-corrected chi connectivity index (χ0v) is 19.2. The SMILES string of the molecule is CCCCn1cc(S(=O)(=O)c2ccccc2)c(=O)c2cc(F)c(N3CCN(C)CC3)cc21. The van der Waals surface area contributed by atoms with Gasteiger partial charge in [-0.25, -0.2) is 12.8 Å². The zero-order valence-electron chi connectivity index (χ0n) is 18.4. The number of hydrogen-bond donors (Lipinski definition) is 0. The van der Waals surface area contributed by atoms with Gasteiger partial charge in [0.1, 0.15) is 10.7 Å².